The average Bonchev–Trinajstić information content (AvgIpc) is 2.94. The number of rotatable bonds is 4. The lowest BCUT2D eigenvalue weighted by Gasteiger charge is -2.03. The van der Waals surface area contributed by atoms with Gasteiger partial charge in [0.1, 0.15) is 11.4 Å². The van der Waals surface area contributed by atoms with Crippen molar-refractivity contribution in [2.24, 2.45) is 5.73 Å². The molecule has 0 bridgehead atoms. The summed E-state index contributed by atoms with van der Waals surface area (Å²) in [5.41, 5.74) is 6.77. The molecule has 9 heteroatoms. The van der Waals surface area contributed by atoms with Crippen LogP contribution in [-0.2, 0) is 6.54 Å². The van der Waals surface area contributed by atoms with E-state index in [0.717, 1.165) is 5.56 Å². The molecule has 1 aromatic carbocycles. The highest BCUT2D eigenvalue weighted by atomic mass is 35.5. The van der Waals surface area contributed by atoms with E-state index in [4.69, 9.17) is 28.9 Å². The SMILES string of the molecule is NC(=O)c1ncc(-c2cn(Cc3cc(Cl)cc(Cl)c3)nn2)cc1O. The zero-order chi connectivity index (χ0) is 17.3. The second-order valence-corrected chi connectivity index (χ2v) is 5.91. The predicted octanol–water partition coefficient (Wildman–Crippen LogP) is 2.50. The van der Waals surface area contributed by atoms with Gasteiger partial charge in [0.25, 0.3) is 5.91 Å². The maximum Gasteiger partial charge on any atom is 0.271 e. The summed E-state index contributed by atoms with van der Waals surface area (Å²) in [5.74, 6) is -1.11. The van der Waals surface area contributed by atoms with Crippen LogP contribution >= 0.6 is 23.2 Å². The first-order valence-electron chi connectivity index (χ1n) is 6.76. The van der Waals surface area contributed by atoms with Gasteiger partial charge in [-0.05, 0) is 29.8 Å². The number of hydrogen-bond acceptors (Lipinski definition) is 5. The maximum atomic E-state index is 11.1. The summed E-state index contributed by atoms with van der Waals surface area (Å²) in [4.78, 5) is 14.9. The van der Waals surface area contributed by atoms with Crippen molar-refractivity contribution < 1.29 is 9.90 Å². The van der Waals surface area contributed by atoms with Gasteiger partial charge in [-0.3, -0.25) is 4.79 Å². The number of carbonyl (C=O) groups excluding carboxylic acids is 1. The van der Waals surface area contributed by atoms with Crippen LogP contribution in [0.15, 0.2) is 36.7 Å². The normalized spacial score (nSPS) is 10.8. The molecule has 0 saturated heterocycles. The maximum absolute atomic E-state index is 11.1. The molecule has 0 aliphatic heterocycles. The van der Waals surface area contributed by atoms with Crippen LogP contribution in [0.4, 0.5) is 0 Å². The van der Waals surface area contributed by atoms with Crippen LogP contribution in [0, 0.1) is 0 Å². The molecule has 24 heavy (non-hydrogen) atoms. The summed E-state index contributed by atoms with van der Waals surface area (Å²) >= 11 is 11.9. The highest BCUT2D eigenvalue weighted by molar-refractivity contribution is 6.34. The molecule has 0 aliphatic rings. The van der Waals surface area contributed by atoms with E-state index in [9.17, 15) is 9.90 Å². The second kappa shape index (κ2) is 6.46. The van der Waals surface area contributed by atoms with Crippen LogP contribution in [0.2, 0.25) is 10.0 Å². The van der Waals surface area contributed by atoms with Crippen molar-refractivity contribution in [1.29, 1.82) is 0 Å². The Kier molecular flexibility index (Phi) is 4.37. The Morgan fingerprint density at radius 2 is 1.92 bits per heavy atom. The summed E-state index contributed by atoms with van der Waals surface area (Å²) in [6.45, 7) is 0.423. The molecule has 3 rings (SSSR count). The number of nitrogens with zero attached hydrogens (tertiary/aromatic N) is 4. The fourth-order valence-corrected chi connectivity index (χ4v) is 2.75. The smallest absolute Gasteiger partial charge is 0.271 e. The summed E-state index contributed by atoms with van der Waals surface area (Å²) in [6, 6.07) is 6.57. The monoisotopic (exact) mass is 363 g/mol. The van der Waals surface area contributed by atoms with Crippen LogP contribution in [0.1, 0.15) is 16.1 Å². The third-order valence-corrected chi connectivity index (χ3v) is 3.64. The molecule has 0 unspecified atom stereocenters. The molecule has 122 valence electrons. The minimum absolute atomic E-state index is 0.195. The van der Waals surface area contributed by atoms with E-state index in [2.05, 4.69) is 15.3 Å². The summed E-state index contributed by atoms with van der Waals surface area (Å²) in [6.07, 6.45) is 3.07. The number of primary amides is 1. The van der Waals surface area contributed by atoms with Gasteiger partial charge in [-0.2, -0.15) is 0 Å². The third kappa shape index (κ3) is 3.47. The molecule has 2 aromatic heterocycles. The van der Waals surface area contributed by atoms with Crippen LogP contribution in [0.3, 0.4) is 0 Å². The van der Waals surface area contributed by atoms with E-state index in [0.29, 0.717) is 27.8 Å². The van der Waals surface area contributed by atoms with E-state index in [-0.39, 0.29) is 11.4 Å². The largest absolute Gasteiger partial charge is 0.505 e. The minimum Gasteiger partial charge on any atom is -0.505 e. The zero-order valence-electron chi connectivity index (χ0n) is 12.1. The van der Waals surface area contributed by atoms with Gasteiger partial charge in [-0.15, -0.1) is 5.10 Å². The van der Waals surface area contributed by atoms with Gasteiger partial charge < -0.3 is 10.8 Å². The number of aromatic nitrogens is 4. The number of carbonyl (C=O) groups is 1. The number of aromatic hydroxyl groups is 1. The molecule has 0 radical (unpaired) electrons. The standard InChI is InChI=1S/C15H11Cl2N5O2/c16-10-1-8(2-11(17)4-10)6-22-7-12(20-21-22)9-3-13(23)14(15(18)24)19-5-9/h1-5,7,23H,6H2,(H2,18,24). The molecule has 3 aromatic rings. The van der Waals surface area contributed by atoms with Gasteiger partial charge >= 0.3 is 0 Å². The van der Waals surface area contributed by atoms with E-state index in [1.807, 2.05) is 0 Å². The first-order chi connectivity index (χ1) is 11.4. The Bertz CT molecular complexity index is 906. The zero-order valence-corrected chi connectivity index (χ0v) is 13.7. The molecule has 0 atom stereocenters. The van der Waals surface area contributed by atoms with E-state index in [1.165, 1.54) is 12.3 Å². The van der Waals surface area contributed by atoms with Crippen molar-refractivity contribution in [2.75, 3.05) is 0 Å². The Hall–Kier alpha value is -2.64. The van der Waals surface area contributed by atoms with Crippen LogP contribution in [0.5, 0.6) is 5.75 Å². The molecular formula is C15H11Cl2N5O2. The van der Waals surface area contributed by atoms with E-state index < -0.39 is 5.91 Å². The number of amides is 1. The first kappa shape index (κ1) is 16.2. The van der Waals surface area contributed by atoms with Crippen molar-refractivity contribution in [3.63, 3.8) is 0 Å². The lowest BCUT2D eigenvalue weighted by Crippen LogP contribution is -2.13. The van der Waals surface area contributed by atoms with Crippen LogP contribution in [0.25, 0.3) is 11.3 Å². The Labute approximate surface area is 146 Å². The molecule has 0 fully saturated rings. The number of pyridine rings is 1. The average molecular weight is 364 g/mol. The Morgan fingerprint density at radius 3 is 2.54 bits per heavy atom. The summed E-state index contributed by atoms with van der Waals surface area (Å²) in [7, 11) is 0. The van der Waals surface area contributed by atoms with Crippen LogP contribution in [-0.4, -0.2) is 31.0 Å². The summed E-state index contributed by atoms with van der Waals surface area (Å²) < 4.78 is 1.59. The molecule has 7 nitrogen and oxygen atoms in total. The van der Waals surface area contributed by atoms with Gasteiger partial charge in [0, 0.05) is 21.8 Å². The molecule has 0 spiro atoms. The molecule has 0 aliphatic carbocycles. The van der Waals surface area contributed by atoms with Crippen molar-refractivity contribution >= 4 is 29.1 Å². The Balaban J connectivity index is 1.85. The number of hydrogen-bond donors (Lipinski definition) is 2. The lowest BCUT2D eigenvalue weighted by molar-refractivity contribution is 0.0993. The molecule has 2 heterocycles. The first-order valence-corrected chi connectivity index (χ1v) is 7.52. The highest BCUT2D eigenvalue weighted by Crippen LogP contribution is 2.23. The molecule has 1 amide bonds. The number of halogens is 2. The van der Waals surface area contributed by atoms with Crippen molar-refractivity contribution in [1.82, 2.24) is 20.0 Å². The minimum atomic E-state index is -0.805. The van der Waals surface area contributed by atoms with Crippen molar-refractivity contribution in [3.8, 4) is 17.0 Å². The number of nitrogens with two attached hydrogens (primary N) is 1. The van der Waals surface area contributed by atoms with E-state index in [1.54, 1.807) is 29.1 Å². The topological polar surface area (TPSA) is 107 Å². The fourth-order valence-electron chi connectivity index (χ4n) is 2.18. The van der Waals surface area contributed by atoms with Crippen molar-refractivity contribution in [2.45, 2.75) is 6.54 Å². The van der Waals surface area contributed by atoms with Gasteiger partial charge in [-0.25, -0.2) is 9.67 Å². The predicted molar refractivity (Wildman–Crippen MR) is 89.0 cm³/mol. The third-order valence-electron chi connectivity index (χ3n) is 3.20. The molecular weight excluding hydrogens is 353 g/mol. The second-order valence-electron chi connectivity index (χ2n) is 5.04. The van der Waals surface area contributed by atoms with Crippen molar-refractivity contribution in [3.05, 3.63) is 58.0 Å². The Morgan fingerprint density at radius 1 is 1.21 bits per heavy atom. The highest BCUT2D eigenvalue weighted by Gasteiger charge is 2.12. The fraction of sp³-hybridized carbons (Fsp3) is 0.0667. The summed E-state index contributed by atoms with van der Waals surface area (Å²) in [5, 5.41) is 18.9. The number of benzene rings is 1. The molecule has 3 N–H and O–H groups in total. The van der Waals surface area contributed by atoms with Gasteiger partial charge in [0.05, 0.1) is 12.7 Å². The van der Waals surface area contributed by atoms with E-state index >= 15 is 0 Å². The quantitative estimate of drug-likeness (QED) is 0.740. The van der Waals surface area contributed by atoms with Gasteiger partial charge in [0.15, 0.2) is 5.69 Å². The lowest BCUT2D eigenvalue weighted by atomic mass is 10.2. The van der Waals surface area contributed by atoms with Gasteiger partial charge in [-0.1, -0.05) is 28.4 Å². The van der Waals surface area contributed by atoms with Gasteiger partial charge in [0.2, 0.25) is 0 Å². The molecule has 0 saturated carbocycles. The van der Waals surface area contributed by atoms with Crippen LogP contribution < -0.4 is 5.73 Å².